The van der Waals surface area contributed by atoms with Gasteiger partial charge in [0.25, 0.3) is 0 Å². The topological polar surface area (TPSA) is 9.23 Å². The van der Waals surface area contributed by atoms with Crippen LogP contribution in [0, 0.1) is 0 Å². The van der Waals surface area contributed by atoms with Crippen molar-refractivity contribution in [2.45, 2.75) is 16.4 Å². The molecule has 12 heavy (non-hydrogen) atoms. The van der Waals surface area contributed by atoms with Crippen LogP contribution in [-0.2, 0) is 0 Å². The number of ether oxygens (including phenoxy) is 1. The average molecular weight is 223 g/mol. The molecule has 0 aliphatic heterocycles. The quantitative estimate of drug-likeness (QED) is 0.664. The second-order valence-electron chi connectivity index (χ2n) is 3.25. The molecule has 0 heterocycles. The molecule has 2 heteroatoms. The number of hydrogen-bond acceptors (Lipinski definition) is 1. The van der Waals surface area contributed by atoms with E-state index in [-0.39, 0.29) is 0 Å². The van der Waals surface area contributed by atoms with Crippen molar-refractivity contribution in [1.82, 2.24) is 0 Å². The van der Waals surface area contributed by atoms with Crippen LogP contribution >= 0.6 is 0 Å². The van der Waals surface area contributed by atoms with Crippen LogP contribution in [0.3, 0.4) is 0 Å². The summed E-state index contributed by atoms with van der Waals surface area (Å²) in [6.45, 7) is 0. The van der Waals surface area contributed by atoms with Gasteiger partial charge in [0.1, 0.15) is 5.75 Å². The Labute approximate surface area is 80.8 Å². The molecule has 0 bridgehead atoms. The third-order valence-corrected chi connectivity index (χ3v) is 0.979. The van der Waals surface area contributed by atoms with Crippen LogP contribution in [0.4, 0.5) is 0 Å². The van der Waals surface area contributed by atoms with Crippen LogP contribution in [-0.4, -0.2) is 23.3 Å². The Morgan fingerprint density at radius 1 is 1.00 bits per heavy atom. The summed E-state index contributed by atoms with van der Waals surface area (Å²) in [4.78, 5) is 0. The molecule has 0 spiro atoms. The predicted octanol–water partition coefficient (Wildman–Crippen LogP) is 3.07. The molecule has 1 aromatic carbocycles. The Kier molecular flexibility index (Phi) is 7.10. The van der Waals surface area contributed by atoms with Crippen LogP contribution in [0.1, 0.15) is 0 Å². The molecule has 0 aliphatic rings. The van der Waals surface area contributed by atoms with Gasteiger partial charge in [-0.05, 0) is 12.1 Å². The Bertz CT molecular complexity index is 182. The van der Waals surface area contributed by atoms with Crippen molar-refractivity contribution < 1.29 is 4.74 Å². The molecule has 1 nitrogen and oxygen atoms in total. The molecule has 0 saturated carbocycles. The molecule has 1 aromatic rings. The molecule has 66 valence electrons. The Hall–Kier alpha value is -0.344. The van der Waals surface area contributed by atoms with E-state index in [1.54, 1.807) is 7.11 Å². The van der Waals surface area contributed by atoms with Crippen molar-refractivity contribution in [2.24, 2.45) is 0 Å². The summed E-state index contributed by atoms with van der Waals surface area (Å²) in [6, 6.07) is 9.68. The van der Waals surface area contributed by atoms with Crippen molar-refractivity contribution in [3.05, 3.63) is 30.3 Å². The molecular weight excluding hydrogens is 206 g/mol. The first-order valence-corrected chi connectivity index (χ1v) is 11.5. The van der Waals surface area contributed by atoms with Crippen molar-refractivity contribution in [3.8, 4) is 5.75 Å². The van der Waals surface area contributed by atoms with E-state index in [2.05, 4.69) is 16.4 Å². The van der Waals surface area contributed by atoms with Gasteiger partial charge >= 0.3 is 32.7 Å². The second kappa shape index (κ2) is 7.31. The summed E-state index contributed by atoms with van der Waals surface area (Å²) in [5, 5.41) is 0. The average Bonchev–Trinajstić information content (AvgIpc) is 2.05. The molecule has 0 saturated heterocycles. The van der Waals surface area contributed by atoms with Crippen LogP contribution in [0.2, 0.25) is 16.4 Å². The minimum atomic E-state index is -0.479. The molecule has 1 rings (SSSR count). The van der Waals surface area contributed by atoms with Gasteiger partial charge in [0.05, 0.1) is 7.11 Å². The van der Waals surface area contributed by atoms with Gasteiger partial charge in [-0.15, -0.1) is 0 Å². The van der Waals surface area contributed by atoms with Crippen molar-refractivity contribution >= 4 is 16.2 Å². The molecule has 0 amide bonds. The van der Waals surface area contributed by atoms with Gasteiger partial charge in [-0.2, -0.15) is 0 Å². The van der Waals surface area contributed by atoms with E-state index >= 15 is 0 Å². The fourth-order valence-corrected chi connectivity index (χ4v) is 0.557. The van der Waals surface area contributed by atoms with E-state index in [1.165, 1.54) is 0 Å². The van der Waals surface area contributed by atoms with Crippen LogP contribution in [0.25, 0.3) is 0 Å². The Balaban J connectivity index is 0.000000261. The van der Waals surface area contributed by atoms with Crippen molar-refractivity contribution in [3.63, 3.8) is 0 Å². The zero-order chi connectivity index (χ0) is 9.40. The summed E-state index contributed by atoms with van der Waals surface area (Å²) in [7, 11) is 1.66. The van der Waals surface area contributed by atoms with E-state index < -0.39 is 16.2 Å². The molecule has 0 aromatic heterocycles. The second-order valence-corrected chi connectivity index (χ2v) is 10.5. The zero-order valence-electron chi connectivity index (χ0n) is 8.37. The molecule has 0 N–H and O–H groups in total. The van der Waals surface area contributed by atoms with Crippen molar-refractivity contribution in [2.75, 3.05) is 7.11 Å². The summed E-state index contributed by atoms with van der Waals surface area (Å²) in [6.07, 6.45) is 0. The first-order chi connectivity index (χ1) is 5.66. The Morgan fingerprint density at radius 3 is 1.67 bits per heavy atom. The molecule has 0 unspecified atom stereocenters. The molecular formula is C10H17GaO. The van der Waals surface area contributed by atoms with Gasteiger partial charge in [0.2, 0.25) is 0 Å². The first-order valence-electron chi connectivity index (χ1n) is 4.26. The van der Waals surface area contributed by atoms with Crippen LogP contribution in [0.5, 0.6) is 5.75 Å². The minimum absolute atomic E-state index is 0.479. The van der Waals surface area contributed by atoms with Crippen molar-refractivity contribution in [1.29, 1.82) is 0 Å². The summed E-state index contributed by atoms with van der Waals surface area (Å²) >= 11 is -0.479. The third-order valence-electron chi connectivity index (χ3n) is 0.979. The van der Waals surface area contributed by atoms with Crippen LogP contribution < -0.4 is 4.74 Å². The van der Waals surface area contributed by atoms with Gasteiger partial charge in [-0.25, -0.2) is 0 Å². The Morgan fingerprint density at radius 2 is 1.42 bits per heavy atom. The maximum atomic E-state index is 4.91. The SMILES string of the molecule is COc1ccccc1.[CH3][Ga]([CH3])[CH3]. The fourth-order valence-electron chi connectivity index (χ4n) is 0.557. The molecule has 0 radical (unpaired) electrons. The maximum absolute atomic E-state index is 4.91. The van der Waals surface area contributed by atoms with Gasteiger partial charge in [0, 0.05) is 0 Å². The van der Waals surface area contributed by atoms with E-state index in [0.717, 1.165) is 5.75 Å². The van der Waals surface area contributed by atoms with E-state index in [9.17, 15) is 0 Å². The van der Waals surface area contributed by atoms with E-state index in [0.29, 0.717) is 0 Å². The van der Waals surface area contributed by atoms with Gasteiger partial charge in [-0.1, -0.05) is 18.2 Å². The fraction of sp³-hybridized carbons (Fsp3) is 0.400. The number of hydrogen-bond donors (Lipinski definition) is 0. The molecule has 0 aliphatic carbocycles. The van der Waals surface area contributed by atoms with Gasteiger partial charge in [0.15, 0.2) is 0 Å². The number of benzene rings is 1. The van der Waals surface area contributed by atoms with E-state index in [1.807, 2.05) is 30.3 Å². The molecule has 0 fully saturated rings. The number of methoxy groups -OCH3 is 1. The predicted molar refractivity (Wildman–Crippen MR) is 56.3 cm³/mol. The zero-order valence-corrected chi connectivity index (χ0v) is 10.8. The van der Waals surface area contributed by atoms with Gasteiger partial charge < -0.3 is 4.74 Å². The van der Waals surface area contributed by atoms with E-state index in [4.69, 9.17) is 4.74 Å². The van der Waals surface area contributed by atoms with Crippen LogP contribution in [0.15, 0.2) is 30.3 Å². The monoisotopic (exact) mass is 222 g/mol. The summed E-state index contributed by atoms with van der Waals surface area (Å²) in [5.74, 6) is 0.910. The third kappa shape index (κ3) is 7.76. The first kappa shape index (κ1) is 11.7. The number of rotatable bonds is 1. The molecule has 0 atom stereocenters. The summed E-state index contributed by atoms with van der Waals surface area (Å²) in [5.41, 5.74) is 7.06. The summed E-state index contributed by atoms with van der Waals surface area (Å²) < 4.78 is 4.91. The standard InChI is InChI=1S/C7H8O.3CH3.Ga/c1-8-7-5-3-2-4-6-7;;;;/h2-6H,1H3;3*1H3;. The van der Waals surface area contributed by atoms with Gasteiger partial charge in [-0.3, -0.25) is 0 Å². The normalized spacial score (nSPS) is 8.00. The number of para-hydroxylation sites is 1.